The van der Waals surface area contributed by atoms with Gasteiger partial charge in [0.25, 0.3) is 0 Å². The lowest BCUT2D eigenvalue weighted by molar-refractivity contribution is -0.132. The predicted molar refractivity (Wildman–Crippen MR) is 114 cm³/mol. The van der Waals surface area contributed by atoms with Gasteiger partial charge in [-0.25, -0.2) is 0 Å². The minimum atomic E-state index is -0.741. The third-order valence-electron chi connectivity index (χ3n) is 4.34. The van der Waals surface area contributed by atoms with E-state index < -0.39 is 11.8 Å². The number of benzene rings is 4. The highest BCUT2D eigenvalue weighted by Gasteiger charge is 2.15. The number of nitrogens with one attached hydrogen (secondary N) is 2. The van der Waals surface area contributed by atoms with Crippen molar-refractivity contribution < 1.29 is 14.3 Å². The Kier molecular flexibility index (Phi) is 5.21. The Morgan fingerprint density at radius 1 is 0.586 bits per heavy atom. The standard InChI is InChI=1S/C24H18N2O3/c27-23(24(28)26-22-12-6-8-17-7-4-5-11-21(17)22)25-18-13-15-20(16-14-18)29-19-9-2-1-3-10-19/h1-16H,(H,25,27)(H,26,28). The lowest BCUT2D eigenvalue weighted by atomic mass is 10.1. The van der Waals surface area contributed by atoms with Gasteiger partial charge in [-0.15, -0.1) is 0 Å². The van der Waals surface area contributed by atoms with Crippen LogP contribution < -0.4 is 15.4 Å². The molecule has 0 unspecified atom stereocenters. The molecule has 0 aliphatic heterocycles. The smallest absolute Gasteiger partial charge is 0.314 e. The summed E-state index contributed by atoms with van der Waals surface area (Å²) in [7, 11) is 0. The topological polar surface area (TPSA) is 67.4 Å². The second-order valence-electron chi connectivity index (χ2n) is 6.37. The second kappa shape index (κ2) is 8.27. The van der Waals surface area contributed by atoms with E-state index in [-0.39, 0.29) is 0 Å². The first kappa shape index (κ1) is 18.3. The van der Waals surface area contributed by atoms with Crippen molar-refractivity contribution in [2.24, 2.45) is 0 Å². The minimum Gasteiger partial charge on any atom is -0.457 e. The Morgan fingerprint density at radius 2 is 1.21 bits per heavy atom. The molecule has 29 heavy (non-hydrogen) atoms. The zero-order valence-corrected chi connectivity index (χ0v) is 15.5. The number of carbonyl (C=O) groups excluding carboxylic acids is 2. The Labute approximate surface area is 167 Å². The monoisotopic (exact) mass is 382 g/mol. The molecule has 4 rings (SSSR count). The largest absolute Gasteiger partial charge is 0.457 e. The molecule has 0 spiro atoms. The van der Waals surface area contributed by atoms with Gasteiger partial charge in [0.05, 0.1) is 0 Å². The molecule has 142 valence electrons. The number of hydrogen-bond donors (Lipinski definition) is 2. The second-order valence-corrected chi connectivity index (χ2v) is 6.37. The number of anilines is 2. The van der Waals surface area contributed by atoms with Crippen LogP contribution in [0, 0.1) is 0 Å². The summed E-state index contributed by atoms with van der Waals surface area (Å²) in [6.07, 6.45) is 0. The lowest BCUT2D eigenvalue weighted by Gasteiger charge is -2.10. The molecular weight excluding hydrogens is 364 g/mol. The SMILES string of the molecule is O=C(Nc1ccc(Oc2ccccc2)cc1)C(=O)Nc1cccc2ccccc12. The highest BCUT2D eigenvalue weighted by Crippen LogP contribution is 2.24. The molecule has 0 aliphatic rings. The number of hydrogen-bond acceptors (Lipinski definition) is 3. The van der Waals surface area contributed by atoms with E-state index in [1.807, 2.05) is 66.7 Å². The Morgan fingerprint density at radius 3 is 2.00 bits per heavy atom. The number of fused-ring (bicyclic) bond motifs is 1. The summed E-state index contributed by atoms with van der Waals surface area (Å²) < 4.78 is 5.71. The van der Waals surface area contributed by atoms with Crippen LogP contribution in [-0.4, -0.2) is 11.8 Å². The quantitative estimate of drug-likeness (QED) is 0.476. The number of rotatable bonds is 4. The van der Waals surface area contributed by atoms with Crippen LogP contribution in [-0.2, 0) is 9.59 Å². The molecule has 0 bridgehead atoms. The van der Waals surface area contributed by atoms with Crippen molar-refractivity contribution in [3.63, 3.8) is 0 Å². The molecule has 0 radical (unpaired) electrons. The number of ether oxygens (including phenoxy) is 1. The fourth-order valence-electron chi connectivity index (χ4n) is 2.93. The van der Waals surface area contributed by atoms with Crippen LogP contribution in [0.3, 0.4) is 0 Å². The van der Waals surface area contributed by atoms with Crippen molar-refractivity contribution >= 4 is 34.0 Å². The molecule has 0 atom stereocenters. The number of para-hydroxylation sites is 1. The van der Waals surface area contributed by atoms with Crippen molar-refractivity contribution in [3.05, 3.63) is 97.1 Å². The van der Waals surface area contributed by atoms with Crippen molar-refractivity contribution in [1.29, 1.82) is 0 Å². The van der Waals surface area contributed by atoms with Crippen LogP contribution in [0.25, 0.3) is 10.8 Å². The first-order chi connectivity index (χ1) is 14.2. The summed E-state index contributed by atoms with van der Waals surface area (Å²) >= 11 is 0. The van der Waals surface area contributed by atoms with Crippen LogP contribution in [0.2, 0.25) is 0 Å². The van der Waals surface area contributed by atoms with E-state index in [9.17, 15) is 9.59 Å². The maximum Gasteiger partial charge on any atom is 0.314 e. The van der Waals surface area contributed by atoms with E-state index in [4.69, 9.17) is 4.74 Å². The maximum atomic E-state index is 12.3. The molecule has 2 amide bonds. The highest BCUT2D eigenvalue weighted by molar-refractivity contribution is 6.44. The van der Waals surface area contributed by atoms with Crippen LogP contribution in [0.1, 0.15) is 0 Å². The lowest BCUT2D eigenvalue weighted by Crippen LogP contribution is -2.29. The molecule has 5 nitrogen and oxygen atoms in total. The van der Waals surface area contributed by atoms with Gasteiger partial charge in [0.2, 0.25) is 0 Å². The van der Waals surface area contributed by atoms with Gasteiger partial charge in [-0.2, -0.15) is 0 Å². The Bertz CT molecular complexity index is 1150. The van der Waals surface area contributed by atoms with Gasteiger partial charge in [0, 0.05) is 16.8 Å². The predicted octanol–water partition coefficient (Wildman–Crippen LogP) is 5.21. The zero-order chi connectivity index (χ0) is 20.1. The van der Waals surface area contributed by atoms with Crippen molar-refractivity contribution in [3.8, 4) is 11.5 Å². The van der Waals surface area contributed by atoms with Gasteiger partial charge in [-0.1, -0.05) is 54.6 Å². The van der Waals surface area contributed by atoms with E-state index in [1.165, 1.54) is 0 Å². The molecule has 4 aromatic carbocycles. The molecule has 5 heteroatoms. The molecule has 0 fully saturated rings. The van der Waals surface area contributed by atoms with Gasteiger partial charge < -0.3 is 15.4 Å². The van der Waals surface area contributed by atoms with Gasteiger partial charge in [-0.05, 0) is 47.9 Å². The molecule has 0 saturated heterocycles. The van der Waals surface area contributed by atoms with E-state index in [2.05, 4.69) is 10.6 Å². The zero-order valence-electron chi connectivity index (χ0n) is 15.5. The first-order valence-corrected chi connectivity index (χ1v) is 9.12. The summed E-state index contributed by atoms with van der Waals surface area (Å²) in [5, 5.41) is 7.13. The van der Waals surface area contributed by atoms with Gasteiger partial charge >= 0.3 is 11.8 Å². The summed E-state index contributed by atoms with van der Waals surface area (Å²) in [4.78, 5) is 24.6. The maximum absolute atomic E-state index is 12.3. The highest BCUT2D eigenvalue weighted by atomic mass is 16.5. The fraction of sp³-hybridized carbons (Fsp3) is 0. The van der Waals surface area contributed by atoms with Crippen molar-refractivity contribution in [1.82, 2.24) is 0 Å². The van der Waals surface area contributed by atoms with Crippen LogP contribution in [0.4, 0.5) is 11.4 Å². The van der Waals surface area contributed by atoms with Crippen molar-refractivity contribution in [2.45, 2.75) is 0 Å². The number of amides is 2. The number of carbonyl (C=O) groups is 2. The molecule has 0 aliphatic carbocycles. The Balaban J connectivity index is 1.40. The van der Waals surface area contributed by atoms with Gasteiger partial charge in [-0.3, -0.25) is 9.59 Å². The molecule has 0 saturated carbocycles. The van der Waals surface area contributed by atoms with E-state index >= 15 is 0 Å². The molecular formula is C24H18N2O3. The third-order valence-corrected chi connectivity index (χ3v) is 4.34. The average molecular weight is 382 g/mol. The molecule has 2 N–H and O–H groups in total. The summed E-state index contributed by atoms with van der Waals surface area (Å²) in [5.74, 6) is -0.117. The van der Waals surface area contributed by atoms with Gasteiger partial charge in [0.15, 0.2) is 0 Å². The van der Waals surface area contributed by atoms with Crippen LogP contribution >= 0.6 is 0 Å². The first-order valence-electron chi connectivity index (χ1n) is 9.12. The minimum absolute atomic E-state index is 0.503. The molecule has 4 aromatic rings. The van der Waals surface area contributed by atoms with E-state index in [0.717, 1.165) is 16.5 Å². The normalized spacial score (nSPS) is 10.3. The average Bonchev–Trinajstić information content (AvgIpc) is 2.76. The van der Waals surface area contributed by atoms with Gasteiger partial charge in [0.1, 0.15) is 11.5 Å². The van der Waals surface area contributed by atoms with Crippen LogP contribution in [0.15, 0.2) is 97.1 Å². The van der Waals surface area contributed by atoms with Crippen LogP contribution in [0.5, 0.6) is 11.5 Å². The van der Waals surface area contributed by atoms with E-state index in [0.29, 0.717) is 17.1 Å². The fourth-order valence-corrected chi connectivity index (χ4v) is 2.93. The molecule has 0 aromatic heterocycles. The third kappa shape index (κ3) is 4.42. The van der Waals surface area contributed by atoms with Crippen molar-refractivity contribution in [2.75, 3.05) is 10.6 Å². The van der Waals surface area contributed by atoms with E-state index in [1.54, 1.807) is 30.3 Å². The summed E-state index contributed by atoms with van der Waals surface area (Å²) in [6.45, 7) is 0. The molecule has 0 heterocycles. The Hall–Kier alpha value is -4.12. The summed E-state index contributed by atoms with van der Waals surface area (Å²) in [5.41, 5.74) is 1.10. The summed E-state index contributed by atoms with van der Waals surface area (Å²) in [6, 6.07) is 29.4.